The molecule has 0 unspecified atom stereocenters. The zero-order valence-corrected chi connectivity index (χ0v) is 7.83. The fraction of sp³-hybridized carbons (Fsp3) is 0.273. The van der Waals surface area contributed by atoms with Gasteiger partial charge in [0.05, 0.1) is 5.56 Å². The number of anilines is 1. The molecule has 1 heterocycles. The summed E-state index contributed by atoms with van der Waals surface area (Å²) in [5.74, 6) is 3.19. The highest BCUT2D eigenvalue weighted by molar-refractivity contribution is 5.50. The summed E-state index contributed by atoms with van der Waals surface area (Å²) in [6.07, 6.45) is 8.40. The fourth-order valence-corrected chi connectivity index (χ4v) is 1.03. The number of aromatic nitrogens is 1. The Morgan fingerprint density at radius 3 is 3.14 bits per heavy atom. The molecule has 1 aromatic rings. The molecule has 0 atom stereocenters. The second-order valence-corrected chi connectivity index (χ2v) is 2.75. The van der Waals surface area contributed by atoms with E-state index in [2.05, 4.69) is 22.3 Å². The highest BCUT2D eigenvalue weighted by Crippen LogP contribution is 2.09. The minimum Gasteiger partial charge on any atom is -0.369 e. The third-order valence-corrected chi connectivity index (χ3v) is 1.72. The molecule has 0 aliphatic heterocycles. The summed E-state index contributed by atoms with van der Waals surface area (Å²) < 4.78 is 0. The van der Waals surface area contributed by atoms with Gasteiger partial charge in [-0.15, -0.1) is 12.3 Å². The van der Waals surface area contributed by atoms with E-state index in [9.17, 15) is 0 Å². The van der Waals surface area contributed by atoms with E-state index in [1.165, 1.54) is 0 Å². The van der Waals surface area contributed by atoms with Crippen LogP contribution in [0.5, 0.6) is 0 Å². The predicted molar refractivity (Wildman–Crippen MR) is 55.5 cm³/mol. The number of unbranched alkanes of at least 4 members (excludes halogenated alkanes) is 1. The monoisotopic (exact) mass is 185 g/mol. The maximum atomic E-state index is 8.76. The molecule has 0 spiro atoms. The van der Waals surface area contributed by atoms with Crippen molar-refractivity contribution >= 4 is 5.82 Å². The summed E-state index contributed by atoms with van der Waals surface area (Å²) in [6.45, 7) is 0.746. The summed E-state index contributed by atoms with van der Waals surface area (Å²) in [5.41, 5.74) is 0.563. The lowest BCUT2D eigenvalue weighted by molar-refractivity contribution is 0.900. The first kappa shape index (κ1) is 10.1. The number of hydrogen-bond acceptors (Lipinski definition) is 3. The maximum Gasteiger partial charge on any atom is 0.143 e. The van der Waals surface area contributed by atoms with Crippen LogP contribution in [0.15, 0.2) is 18.3 Å². The van der Waals surface area contributed by atoms with Gasteiger partial charge in [-0.25, -0.2) is 4.98 Å². The Balaban J connectivity index is 2.51. The average molecular weight is 185 g/mol. The molecule has 70 valence electrons. The van der Waals surface area contributed by atoms with Crippen molar-refractivity contribution in [2.75, 3.05) is 11.9 Å². The van der Waals surface area contributed by atoms with Crippen LogP contribution in [0.3, 0.4) is 0 Å². The second-order valence-electron chi connectivity index (χ2n) is 2.75. The first-order chi connectivity index (χ1) is 6.88. The Morgan fingerprint density at radius 2 is 2.43 bits per heavy atom. The summed E-state index contributed by atoms with van der Waals surface area (Å²) in [4.78, 5) is 4.06. The van der Waals surface area contributed by atoms with E-state index in [1.807, 2.05) is 0 Å². The van der Waals surface area contributed by atoms with Crippen molar-refractivity contribution in [2.24, 2.45) is 0 Å². The van der Waals surface area contributed by atoms with Gasteiger partial charge in [0.25, 0.3) is 0 Å². The minimum absolute atomic E-state index is 0.563. The van der Waals surface area contributed by atoms with Crippen LogP contribution in [-0.4, -0.2) is 11.5 Å². The van der Waals surface area contributed by atoms with Crippen LogP contribution in [0.4, 0.5) is 5.82 Å². The van der Waals surface area contributed by atoms with Gasteiger partial charge < -0.3 is 5.32 Å². The van der Waals surface area contributed by atoms with Gasteiger partial charge in [-0.1, -0.05) is 0 Å². The van der Waals surface area contributed by atoms with Crippen molar-refractivity contribution in [3.05, 3.63) is 23.9 Å². The van der Waals surface area contributed by atoms with Crippen molar-refractivity contribution in [2.45, 2.75) is 12.8 Å². The maximum absolute atomic E-state index is 8.76. The molecule has 14 heavy (non-hydrogen) atoms. The highest BCUT2D eigenvalue weighted by atomic mass is 15.0. The first-order valence-corrected chi connectivity index (χ1v) is 4.41. The third-order valence-electron chi connectivity index (χ3n) is 1.72. The van der Waals surface area contributed by atoms with Gasteiger partial charge in [-0.2, -0.15) is 5.26 Å². The fourth-order valence-electron chi connectivity index (χ4n) is 1.03. The number of nitrogens with zero attached hydrogens (tertiary/aromatic N) is 2. The summed E-state index contributed by atoms with van der Waals surface area (Å²) in [5, 5.41) is 11.8. The molecule has 0 aliphatic carbocycles. The molecular weight excluding hydrogens is 174 g/mol. The average Bonchev–Trinajstić information content (AvgIpc) is 2.25. The highest BCUT2D eigenvalue weighted by Gasteiger charge is 1.99. The molecule has 0 saturated heterocycles. The van der Waals surface area contributed by atoms with Gasteiger partial charge in [0, 0.05) is 19.2 Å². The van der Waals surface area contributed by atoms with Crippen LogP contribution >= 0.6 is 0 Å². The zero-order chi connectivity index (χ0) is 10.2. The second kappa shape index (κ2) is 5.61. The summed E-state index contributed by atoms with van der Waals surface area (Å²) >= 11 is 0. The number of pyridine rings is 1. The van der Waals surface area contributed by atoms with Gasteiger partial charge in [-0.05, 0) is 18.6 Å². The lowest BCUT2D eigenvalue weighted by atomic mass is 10.2. The molecule has 0 fully saturated rings. The first-order valence-electron chi connectivity index (χ1n) is 4.41. The lowest BCUT2D eigenvalue weighted by Gasteiger charge is -2.04. The van der Waals surface area contributed by atoms with Gasteiger partial charge >= 0.3 is 0 Å². The van der Waals surface area contributed by atoms with E-state index in [0.717, 1.165) is 19.4 Å². The van der Waals surface area contributed by atoms with E-state index in [1.54, 1.807) is 18.3 Å². The summed E-state index contributed by atoms with van der Waals surface area (Å²) in [7, 11) is 0. The number of rotatable bonds is 4. The number of terminal acetylenes is 1. The molecule has 0 aliphatic rings. The standard InChI is InChI=1S/C11H11N3/c1-2-3-4-7-13-11-10(9-12)6-5-8-14-11/h1,5-6,8H,3-4,7H2,(H,13,14). The zero-order valence-electron chi connectivity index (χ0n) is 7.83. The molecule has 1 aromatic heterocycles. The van der Waals surface area contributed by atoms with Crippen molar-refractivity contribution in [1.29, 1.82) is 5.26 Å². The number of hydrogen-bond donors (Lipinski definition) is 1. The Bertz CT molecular complexity index is 371. The van der Waals surface area contributed by atoms with Crippen LogP contribution in [0.25, 0.3) is 0 Å². The quantitative estimate of drug-likeness (QED) is 0.574. The smallest absolute Gasteiger partial charge is 0.143 e. The molecule has 1 N–H and O–H groups in total. The molecule has 0 saturated carbocycles. The Labute approximate surface area is 83.8 Å². The van der Waals surface area contributed by atoms with E-state index < -0.39 is 0 Å². The minimum atomic E-state index is 0.563. The van der Waals surface area contributed by atoms with Gasteiger partial charge in [-0.3, -0.25) is 0 Å². The van der Waals surface area contributed by atoms with E-state index in [4.69, 9.17) is 11.7 Å². The lowest BCUT2D eigenvalue weighted by Crippen LogP contribution is -2.04. The van der Waals surface area contributed by atoms with E-state index in [0.29, 0.717) is 11.4 Å². The van der Waals surface area contributed by atoms with Crippen molar-refractivity contribution < 1.29 is 0 Å². The summed E-state index contributed by atoms with van der Waals surface area (Å²) in [6, 6.07) is 5.55. The molecule has 1 rings (SSSR count). The van der Waals surface area contributed by atoms with Gasteiger partial charge in [0.1, 0.15) is 11.9 Å². The SMILES string of the molecule is C#CCCCNc1ncccc1C#N. The Morgan fingerprint density at radius 1 is 1.57 bits per heavy atom. The van der Waals surface area contributed by atoms with Crippen molar-refractivity contribution in [1.82, 2.24) is 4.98 Å². The molecule has 3 heteroatoms. The number of nitriles is 1. The van der Waals surface area contributed by atoms with Crippen molar-refractivity contribution in [3.63, 3.8) is 0 Å². The van der Waals surface area contributed by atoms with Crippen LogP contribution in [0.2, 0.25) is 0 Å². The van der Waals surface area contributed by atoms with Gasteiger partial charge in [0.15, 0.2) is 0 Å². The van der Waals surface area contributed by atoms with Crippen LogP contribution < -0.4 is 5.32 Å². The molecule has 3 nitrogen and oxygen atoms in total. The van der Waals surface area contributed by atoms with Crippen molar-refractivity contribution in [3.8, 4) is 18.4 Å². The molecular formula is C11H11N3. The molecule has 0 radical (unpaired) electrons. The van der Waals surface area contributed by atoms with Crippen LogP contribution in [0, 0.1) is 23.7 Å². The topological polar surface area (TPSA) is 48.7 Å². The normalized spacial score (nSPS) is 8.71. The molecule has 0 aromatic carbocycles. The van der Waals surface area contributed by atoms with E-state index >= 15 is 0 Å². The molecule has 0 amide bonds. The van der Waals surface area contributed by atoms with Crippen LogP contribution in [0.1, 0.15) is 18.4 Å². The Hall–Kier alpha value is -2.00. The number of nitrogens with one attached hydrogen (secondary N) is 1. The Kier molecular flexibility index (Phi) is 4.04. The van der Waals surface area contributed by atoms with Gasteiger partial charge in [0.2, 0.25) is 0 Å². The third kappa shape index (κ3) is 2.80. The molecule has 0 bridgehead atoms. The van der Waals surface area contributed by atoms with E-state index in [-0.39, 0.29) is 0 Å². The largest absolute Gasteiger partial charge is 0.369 e. The van der Waals surface area contributed by atoms with Crippen LogP contribution in [-0.2, 0) is 0 Å². The predicted octanol–water partition coefficient (Wildman–Crippen LogP) is 1.78.